The monoisotopic (exact) mass is 403 g/mol. The third-order valence-corrected chi connectivity index (χ3v) is 4.49. The number of rotatable bonds is 4. The first-order valence-electron chi connectivity index (χ1n) is 7.55. The number of carbonyl (C=O) groups excluding carboxylic acids is 2. The number of hydrogen-bond donors (Lipinski definition) is 1. The van der Waals surface area contributed by atoms with E-state index >= 15 is 0 Å². The second-order valence-electron chi connectivity index (χ2n) is 5.68. The van der Waals surface area contributed by atoms with Gasteiger partial charge in [0.25, 0.3) is 5.69 Å². The van der Waals surface area contributed by atoms with Gasteiger partial charge in [-0.25, -0.2) is 0 Å². The van der Waals surface area contributed by atoms with Gasteiger partial charge in [0.1, 0.15) is 0 Å². The van der Waals surface area contributed by atoms with Gasteiger partial charge in [-0.2, -0.15) is 0 Å². The molecular formula is C17H14BrN3O4. The van der Waals surface area contributed by atoms with E-state index in [1.807, 2.05) is 12.1 Å². The largest absolute Gasteiger partial charge is 0.326 e. The molecule has 0 spiro atoms. The van der Waals surface area contributed by atoms with Crippen LogP contribution >= 0.6 is 15.9 Å². The molecule has 1 fully saturated rings. The van der Waals surface area contributed by atoms with Crippen LogP contribution in [0.1, 0.15) is 6.42 Å². The van der Waals surface area contributed by atoms with Gasteiger partial charge < -0.3 is 10.2 Å². The SMILES string of the molecule is O=C(Nc1ccc(Br)cc1)[C@@H]1CC(=O)N(c2cccc([N+](=O)[O-])c2)C1. The van der Waals surface area contributed by atoms with Crippen LogP contribution in [0.5, 0.6) is 0 Å². The molecule has 0 saturated carbocycles. The number of halogens is 1. The van der Waals surface area contributed by atoms with Crippen LogP contribution in [-0.2, 0) is 9.59 Å². The van der Waals surface area contributed by atoms with Crippen molar-refractivity contribution in [3.05, 3.63) is 63.1 Å². The van der Waals surface area contributed by atoms with Crippen molar-refractivity contribution >= 4 is 44.8 Å². The Morgan fingerprint density at radius 3 is 2.64 bits per heavy atom. The highest BCUT2D eigenvalue weighted by atomic mass is 79.9. The molecule has 0 aliphatic carbocycles. The smallest absolute Gasteiger partial charge is 0.271 e. The van der Waals surface area contributed by atoms with Crippen molar-refractivity contribution < 1.29 is 14.5 Å². The normalized spacial score (nSPS) is 16.8. The van der Waals surface area contributed by atoms with Gasteiger partial charge in [-0.15, -0.1) is 0 Å². The summed E-state index contributed by atoms with van der Waals surface area (Å²) in [6, 6.07) is 13.0. The number of benzene rings is 2. The molecule has 0 bridgehead atoms. The van der Waals surface area contributed by atoms with Gasteiger partial charge in [0.2, 0.25) is 11.8 Å². The number of non-ortho nitro benzene ring substituents is 1. The Kier molecular flexibility index (Phi) is 4.80. The van der Waals surface area contributed by atoms with Crippen molar-refractivity contribution in [2.24, 2.45) is 5.92 Å². The van der Waals surface area contributed by atoms with Crippen LogP contribution in [0.3, 0.4) is 0 Å². The molecule has 1 N–H and O–H groups in total. The summed E-state index contributed by atoms with van der Waals surface area (Å²) in [6.07, 6.45) is 0.0745. The second-order valence-corrected chi connectivity index (χ2v) is 6.59. The summed E-state index contributed by atoms with van der Waals surface area (Å²) < 4.78 is 0.901. The number of hydrogen-bond acceptors (Lipinski definition) is 4. The first-order chi connectivity index (χ1) is 11.9. The fraction of sp³-hybridized carbons (Fsp3) is 0.176. The highest BCUT2D eigenvalue weighted by Gasteiger charge is 2.35. The molecule has 25 heavy (non-hydrogen) atoms. The molecule has 128 valence electrons. The van der Waals surface area contributed by atoms with Gasteiger partial charge in [0.15, 0.2) is 0 Å². The molecule has 0 radical (unpaired) electrons. The minimum atomic E-state index is -0.512. The molecule has 1 atom stereocenters. The Morgan fingerprint density at radius 2 is 1.96 bits per heavy atom. The van der Waals surface area contributed by atoms with Crippen LogP contribution < -0.4 is 10.2 Å². The summed E-state index contributed by atoms with van der Waals surface area (Å²) in [4.78, 5) is 36.4. The fourth-order valence-electron chi connectivity index (χ4n) is 2.68. The van der Waals surface area contributed by atoms with Gasteiger partial charge in [-0.05, 0) is 30.3 Å². The Morgan fingerprint density at radius 1 is 1.24 bits per heavy atom. The van der Waals surface area contributed by atoms with Crippen LogP contribution in [0.4, 0.5) is 17.1 Å². The minimum Gasteiger partial charge on any atom is -0.326 e. The van der Waals surface area contributed by atoms with Crippen molar-refractivity contribution in [2.75, 3.05) is 16.8 Å². The van der Waals surface area contributed by atoms with Gasteiger partial charge in [0, 0.05) is 35.3 Å². The van der Waals surface area contributed by atoms with E-state index in [9.17, 15) is 19.7 Å². The zero-order valence-electron chi connectivity index (χ0n) is 13.0. The van der Waals surface area contributed by atoms with Crippen molar-refractivity contribution in [1.29, 1.82) is 0 Å². The maximum absolute atomic E-state index is 12.4. The van der Waals surface area contributed by atoms with Crippen LogP contribution in [0, 0.1) is 16.0 Å². The zero-order valence-corrected chi connectivity index (χ0v) is 14.6. The van der Waals surface area contributed by atoms with Crippen LogP contribution in [0.15, 0.2) is 53.0 Å². The van der Waals surface area contributed by atoms with E-state index in [1.54, 1.807) is 18.2 Å². The van der Waals surface area contributed by atoms with Crippen molar-refractivity contribution in [3.63, 3.8) is 0 Å². The number of nitrogens with one attached hydrogen (secondary N) is 1. The molecule has 8 heteroatoms. The maximum Gasteiger partial charge on any atom is 0.271 e. The van der Waals surface area contributed by atoms with E-state index in [4.69, 9.17) is 0 Å². The number of nitro benzene ring substituents is 1. The standard InChI is InChI=1S/C17H14BrN3O4/c18-12-4-6-13(7-5-12)19-17(23)11-8-16(22)20(10-11)14-2-1-3-15(9-14)21(24)25/h1-7,9,11H,8,10H2,(H,19,23)/t11-/m1/s1. The lowest BCUT2D eigenvalue weighted by Crippen LogP contribution is -2.28. The molecule has 0 aromatic heterocycles. The summed E-state index contributed by atoms with van der Waals surface area (Å²) in [5.41, 5.74) is 0.987. The molecule has 1 aliphatic heterocycles. The number of amides is 2. The van der Waals surface area contributed by atoms with Gasteiger partial charge >= 0.3 is 0 Å². The Bertz CT molecular complexity index is 838. The predicted octanol–water partition coefficient (Wildman–Crippen LogP) is 3.35. The third-order valence-electron chi connectivity index (χ3n) is 3.96. The molecule has 1 aliphatic rings. The number of nitrogens with zero attached hydrogens (tertiary/aromatic N) is 2. The number of anilines is 2. The highest BCUT2D eigenvalue weighted by molar-refractivity contribution is 9.10. The number of carbonyl (C=O) groups is 2. The van der Waals surface area contributed by atoms with Gasteiger partial charge in [-0.1, -0.05) is 22.0 Å². The summed E-state index contributed by atoms with van der Waals surface area (Å²) in [6.45, 7) is 0.197. The lowest BCUT2D eigenvalue weighted by atomic mass is 10.1. The zero-order chi connectivity index (χ0) is 18.0. The van der Waals surface area contributed by atoms with Crippen LogP contribution in [0.25, 0.3) is 0 Å². The Hall–Kier alpha value is -2.74. The molecule has 0 unspecified atom stereocenters. The summed E-state index contributed by atoms with van der Waals surface area (Å²) in [7, 11) is 0. The molecule has 2 aromatic rings. The van der Waals surface area contributed by atoms with E-state index in [2.05, 4.69) is 21.2 Å². The quantitative estimate of drug-likeness (QED) is 0.625. The third kappa shape index (κ3) is 3.85. The lowest BCUT2D eigenvalue weighted by molar-refractivity contribution is -0.384. The minimum absolute atomic E-state index is 0.0745. The van der Waals surface area contributed by atoms with Gasteiger partial charge in [-0.3, -0.25) is 19.7 Å². The van der Waals surface area contributed by atoms with E-state index in [0.717, 1.165) is 4.47 Å². The summed E-state index contributed by atoms with van der Waals surface area (Å²) in [5, 5.41) is 13.7. The van der Waals surface area contributed by atoms with Crippen molar-refractivity contribution in [1.82, 2.24) is 0 Å². The van der Waals surface area contributed by atoms with E-state index in [0.29, 0.717) is 11.4 Å². The Labute approximate surface area is 151 Å². The molecule has 3 rings (SSSR count). The predicted molar refractivity (Wildman–Crippen MR) is 96.3 cm³/mol. The summed E-state index contributed by atoms with van der Waals surface area (Å²) in [5.74, 6) is -0.976. The van der Waals surface area contributed by atoms with Crippen LogP contribution in [0.2, 0.25) is 0 Å². The first-order valence-corrected chi connectivity index (χ1v) is 8.34. The Balaban J connectivity index is 1.71. The van der Waals surface area contributed by atoms with Crippen LogP contribution in [-0.4, -0.2) is 23.3 Å². The average Bonchev–Trinajstić information content (AvgIpc) is 2.99. The van der Waals surface area contributed by atoms with Gasteiger partial charge in [0.05, 0.1) is 16.5 Å². The average molecular weight is 404 g/mol. The van der Waals surface area contributed by atoms with E-state index in [1.165, 1.54) is 23.1 Å². The molecular weight excluding hydrogens is 390 g/mol. The maximum atomic E-state index is 12.4. The molecule has 7 nitrogen and oxygen atoms in total. The fourth-order valence-corrected chi connectivity index (χ4v) is 2.95. The number of nitro groups is 1. The topological polar surface area (TPSA) is 92.6 Å². The summed E-state index contributed by atoms with van der Waals surface area (Å²) >= 11 is 3.32. The first kappa shape index (κ1) is 17.1. The second kappa shape index (κ2) is 7.02. The molecule has 1 heterocycles. The van der Waals surface area contributed by atoms with E-state index < -0.39 is 10.8 Å². The highest BCUT2D eigenvalue weighted by Crippen LogP contribution is 2.28. The van der Waals surface area contributed by atoms with Crippen molar-refractivity contribution in [2.45, 2.75) is 6.42 Å². The van der Waals surface area contributed by atoms with E-state index in [-0.39, 0.29) is 30.5 Å². The molecule has 2 aromatic carbocycles. The lowest BCUT2D eigenvalue weighted by Gasteiger charge is -2.16. The van der Waals surface area contributed by atoms with Crippen molar-refractivity contribution in [3.8, 4) is 0 Å². The molecule has 1 saturated heterocycles. The molecule has 2 amide bonds.